The molecule has 1 saturated heterocycles. The van der Waals surface area contributed by atoms with Gasteiger partial charge >= 0.3 is 5.92 Å². The summed E-state index contributed by atoms with van der Waals surface area (Å²) in [6, 6.07) is 24.5. The molecule has 0 N–H and O–H groups in total. The number of halogens is 5. The number of piperazine rings is 1. The van der Waals surface area contributed by atoms with Gasteiger partial charge in [-0.25, -0.2) is 12.8 Å². The van der Waals surface area contributed by atoms with E-state index >= 15 is 0 Å². The van der Waals surface area contributed by atoms with E-state index in [4.69, 9.17) is 32.8 Å². The summed E-state index contributed by atoms with van der Waals surface area (Å²) in [6.07, 6.45) is 0. The number of Topliss-reactive ketones (excluding diaryl/α,β-unsaturated/α-hetero) is 1. The van der Waals surface area contributed by atoms with Gasteiger partial charge in [-0.15, -0.1) is 0 Å². The number of ketones is 1. The second kappa shape index (κ2) is 26.5. The van der Waals surface area contributed by atoms with Crippen molar-refractivity contribution >= 4 is 58.5 Å². The zero-order valence-corrected chi connectivity index (χ0v) is 37.0. The molecular weight excluding hydrogens is 830 g/mol. The standard InChI is InChI=1S/C28H31Cl2N3O4S.C7H7F.C4H6F2O.C2H6.2CH2O/c1-4-38(36,37)32-17-15-31(16-18-32)27(34)25-14-5-19(2)33(28(25)35)26(22-8-12-24(30)13-9-22)20(3)21-6-10-23(29)11-7-21;1-6-4-2-3-5-7(6)8;1-3(7)4(2,5)6;3*1-2/h5-14,20,26H,4,15-18H2,1-3H3;2-5H,1H3;1-2H3;1-2H3;2*1H2/t20-,26-;;;;;/m1...../s1. The fraction of sp³-hybridized carbons (Fsp3) is 0.372. The van der Waals surface area contributed by atoms with Gasteiger partial charge in [-0.3, -0.25) is 14.4 Å². The average Bonchev–Trinajstić information content (AvgIpc) is 3.23. The first-order valence-electron chi connectivity index (χ1n) is 18.5. The van der Waals surface area contributed by atoms with Gasteiger partial charge < -0.3 is 19.1 Å². The van der Waals surface area contributed by atoms with Crippen molar-refractivity contribution in [3.05, 3.63) is 139 Å². The Labute approximate surface area is 356 Å². The minimum absolute atomic E-state index is 0.0154. The van der Waals surface area contributed by atoms with Gasteiger partial charge in [0.2, 0.25) is 10.0 Å². The Morgan fingerprint density at radius 1 is 0.797 bits per heavy atom. The van der Waals surface area contributed by atoms with Crippen LogP contribution < -0.4 is 5.56 Å². The van der Waals surface area contributed by atoms with Gasteiger partial charge in [0.15, 0.2) is 5.78 Å². The summed E-state index contributed by atoms with van der Waals surface area (Å²) in [5.41, 5.74) is 2.96. The number of pyridine rings is 1. The van der Waals surface area contributed by atoms with Gasteiger partial charge in [0.05, 0.1) is 11.8 Å². The van der Waals surface area contributed by atoms with E-state index < -0.39 is 33.7 Å². The molecule has 1 fully saturated rings. The maximum absolute atomic E-state index is 14.0. The molecule has 0 spiro atoms. The first-order chi connectivity index (χ1) is 27.8. The molecule has 0 radical (unpaired) electrons. The highest BCUT2D eigenvalue weighted by atomic mass is 35.5. The summed E-state index contributed by atoms with van der Waals surface area (Å²) in [5, 5.41) is 1.21. The van der Waals surface area contributed by atoms with Crippen molar-refractivity contribution in [2.24, 2.45) is 0 Å². The van der Waals surface area contributed by atoms with Gasteiger partial charge in [-0.1, -0.05) is 86.4 Å². The van der Waals surface area contributed by atoms with Crippen LogP contribution in [0.3, 0.4) is 0 Å². The average molecular weight is 885 g/mol. The second-order valence-corrected chi connectivity index (χ2v) is 15.8. The Morgan fingerprint density at radius 3 is 1.63 bits per heavy atom. The SMILES string of the molecule is C=O.C=O.CC.CC(=O)C(C)(F)F.CCS(=O)(=O)N1CCN(C(=O)c2ccc(C)n([C@@H](c3ccc(Cl)cc3)[C@H](C)c3ccc(Cl)cc3)c2=O)CC1.Cc1ccccc1F. The van der Waals surface area contributed by atoms with Gasteiger partial charge in [0.1, 0.15) is 25.0 Å². The van der Waals surface area contributed by atoms with Crippen LogP contribution in [0.15, 0.2) is 89.7 Å². The Morgan fingerprint density at radius 2 is 1.24 bits per heavy atom. The Kier molecular flexibility index (Phi) is 24.4. The minimum Gasteiger partial charge on any atom is -0.336 e. The summed E-state index contributed by atoms with van der Waals surface area (Å²) in [6.45, 7) is 17.6. The number of aryl methyl sites for hydroxylation is 2. The van der Waals surface area contributed by atoms with Crippen LogP contribution in [0.25, 0.3) is 0 Å². The van der Waals surface area contributed by atoms with E-state index in [-0.39, 0.29) is 54.8 Å². The Hall–Kier alpha value is -4.63. The molecule has 1 aromatic heterocycles. The maximum Gasteiger partial charge on any atom is 0.302 e. The molecule has 5 rings (SSSR count). The van der Waals surface area contributed by atoms with E-state index in [2.05, 4.69) is 0 Å². The number of hydrogen-bond acceptors (Lipinski definition) is 7. The van der Waals surface area contributed by atoms with Crippen molar-refractivity contribution in [1.82, 2.24) is 13.8 Å². The summed E-state index contributed by atoms with van der Waals surface area (Å²) in [5.74, 6) is -4.88. The summed E-state index contributed by atoms with van der Waals surface area (Å²) >= 11 is 12.3. The Bertz CT molecular complexity index is 2050. The third-order valence-electron chi connectivity index (χ3n) is 8.89. The highest BCUT2D eigenvalue weighted by molar-refractivity contribution is 7.89. The number of aromatic nitrogens is 1. The number of alkyl halides is 2. The fourth-order valence-corrected chi connectivity index (χ4v) is 6.83. The van der Waals surface area contributed by atoms with Crippen molar-refractivity contribution in [2.75, 3.05) is 31.9 Å². The molecule has 324 valence electrons. The number of hydrogen-bond donors (Lipinski definition) is 0. The van der Waals surface area contributed by atoms with Crippen molar-refractivity contribution < 1.29 is 40.8 Å². The van der Waals surface area contributed by atoms with Crippen LogP contribution in [0.5, 0.6) is 0 Å². The molecule has 0 unspecified atom stereocenters. The predicted molar refractivity (Wildman–Crippen MR) is 230 cm³/mol. The topological polar surface area (TPSA) is 131 Å². The summed E-state index contributed by atoms with van der Waals surface area (Å²) in [7, 11) is -3.33. The second-order valence-electron chi connectivity index (χ2n) is 12.7. The van der Waals surface area contributed by atoms with Crippen LogP contribution in [-0.2, 0) is 24.4 Å². The summed E-state index contributed by atoms with van der Waals surface area (Å²) in [4.78, 5) is 54.7. The third-order valence-corrected chi connectivity index (χ3v) is 11.3. The van der Waals surface area contributed by atoms with Crippen molar-refractivity contribution in [3.63, 3.8) is 0 Å². The lowest BCUT2D eigenvalue weighted by Crippen LogP contribution is -2.51. The van der Waals surface area contributed by atoms with Crippen molar-refractivity contribution in [3.8, 4) is 0 Å². The number of sulfonamides is 1. The van der Waals surface area contributed by atoms with E-state index in [9.17, 15) is 36.0 Å². The van der Waals surface area contributed by atoms with Crippen LogP contribution in [-0.4, -0.2) is 85.3 Å². The lowest BCUT2D eigenvalue weighted by molar-refractivity contribution is -0.138. The van der Waals surface area contributed by atoms with Gasteiger partial charge in [-0.05, 0) is 79.9 Å². The molecule has 0 aliphatic carbocycles. The third kappa shape index (κ3) is 16.5. The molecule has 0 saturated carbocycles. The highest BCUT2D eigenvalue weighted by Gasteiger charge is 2.32. The summed E-state index contributed by atoms with van der Waals surface area (Å²) < 4.78 is 62.8. The number of nitrogens with zero attached hydrogens (tertiary/aromatic N) is 3. The van der Waals surface area contributed by atoms with Gasteiger partial charge in [0.25, 0.3) is 11.5 Å². The fourth-order valence-electron chi connectivity index (χ4n) is 5.50. The first kappa shape index (κ1) is 54.4. The van der Waals surface area contributed by atoms with E-state index in [1.807, 2.05) is 83.7 Å². The molecular formula is C43H54Cl2F3N3O7S. The van der Waals surface area contributed by atoms with Crippen molar-refractivity contribution in [1.29, 1.82) is 0 Å². The molecule has 10 nitrogen and oxygen atoms in total. The quantitative estimate of drug-likeness (QED) is 0.173. The zero-order chi connectivity index (χ0) is 45.7. The van der Waals surface area contributed by atoms with E-state index in [0.29, 0.717) is 28.2 Å². The monoisotopic (exact) mass is 883 g/mol. The highest BCUT2D eigenvalue weighted by Crippen LogP contribution is 2.35. The molecule has 0 bridgehead atoms. The molecule has 1 aliphatic heterocycles. The molecule has 1 amide bonds. The van der Waals surface area contributed by atoms with Crippen LogP contribution in [0.2, 0.25) is 10.0 Å². The molecule has 2 heterocycles. The van der Waals surface area contributed by atoms with E-state index in [0.717, 1.165) is 18.1 Å². The van der Waals surface area contributed by atoms with Crippen LogP contribution in [0.4, 0.5) is 13.2 Å². The minimum atomic E-state index is -3.33. The van der Waals surface area contributed by atoms with E-state index in [1.165, 1.54) is 10.4 Å². The molecule has 1 aliphatic rings. The first-order valence-corrected chi connectivity index (χ1v) is 20.8. The van der Waals surface area contributed by atoms with Crippen LogP contribution in [0, 0.1) is 19.7 Å². The smallest absolute Gasteiger partial charge is 0.302 e. The molecule has 16 heteroatoms. The molecule has 3 aromatic carbocycles. The van der Waals surface area contributed by atoms with Crippen LogP contribution >= 0.6 is 23.2 Å². The lowest BCUT2D eigenvalue weighted by atomic mass is 9.87. The predicted octanol–water partition coefficient (Wildman–Crippen LogP) is 8.99. The largest absolute Gasteiger partial charge is 0.336 e. The van der Waals surface area contributed by atoms with Gasteiger partial charge in [-0.2, -0.15) is 13.1 Å². The van der Waals surface area contributed by atoms with Crippen LogP contribution in [0.1, 0.15) is 86.2 Å². The normalized spacial score (nSPS) is 13.3. The van der Waals surface area contributed by atoms with Crippen molar-refractivity contribution in [2.45, 2.75) is 73.3 Å². The van der Waals surface area contributed by atoms with E-state index in [1.54, 1.807) is 59.7 Å². The molecule has 4 aromatic rings. The lowest BCUT2D eigenvalue weighted by Gasteiger charge is -2.34. The molecule has 59 heavy (non-hydrogen) atoms. The number of benzene rings is 3. The zero-order valence-electron chi connectivity index (χ0n) is 34.7. The number of rotatable bonds is 8. The number of carbonyl (C=O) groups is 4. The number of amides is 1. The Balaban J connectivity index is 0.00000132. The van der Waals surface area contributed by atoms with Gasteiger partial charge in [0, 0.05) is 61.7 Å². The maximum atomic E-state index is 14.0. The number of carbonyl (C=O) groups excluding carboxylic acids is 4. The molecule has 2 atom stereocenters.